The van der Waals surface area contributed by atoms with Gasteiger partial charge in [-0.3, -0.25) is 9.36 Å². The quantitative estimate of drug-likeness (QED) is 0.484. The van der Waals surface area contributed by atoms with Gasteiger partial charge in [0, 0.05) is 6.04 Å². The number of hydrogen-bond acceptors (Lipinski definition) is 5. The number of hydrogen-bond donors (Lipinski definition) is 1. The van der Waals surface area contributed by atoms with Crippen molar-refractivity contribution in [3.8, 4) is 10.7 Å². The lowest BCUT2D eigenvalue weighted by molar-refractivity contribution is -0.119. The van der Waals surface area contributed by atoms with Crippen LogP contribution in [0, 0.1) is 17.8 Å². The molecule has 2 aromatic heterocycles. The molecule has 2 aliphatic rings. The van der Waals surface area contributed by atoms with E-state index in [-0.39, 0.29) is 11.9 Å². The van der Waals surface area contributed by atoms with Crippen LogP contribution in [0.4, 0.5) is 0 Å². The molecular weight excluding hydrogens is 424 g/mol. The molecule has 4 unspecified atom stereocenters. The van der Waals surface area contributed by atoms with E-state index in [1.165, 1.54) is 43.0 Å². The Kier molecular flexibility index (Phi) is 6.14. The fourth-order valence-electron chi connectivity index (χ4n) is 5.33. The molecule has 31 heavy (non-hydrogen) atoms. The average molecular weight is 453 g/mol. The minimum atomic E-state index is 0.0900. The minimum Gasteiger partial charge on any atom is -0.353 e. The summed E-state index contributed by atoms with van der Waals surface area (Å²) in [5.74, 6) is 3.68. The molecule has 0 aliphatic heterocycles. The van der Waals surface area contributed by atoms with Crippen molar-refractivity contribution >= 4 is 29.0 Å². The molecule has 0 saturated heterocycles. The summed E-state index contributed by atoms with van der Waals surface area (Å²) in [6.07, 6.45) is 5.39. The third-order valence-corrected chi connectivity index (χ3v) is 8.63. The summed E-state index contributed by atoms with van der Waals surface area (Å²) in [7, 11) is 0. The molecule has 1 aromatic carbocycles. The third kappa shape index (κ3) is 4.58. The highest BCUT2D eigenvalue weighted by atomic mass is 32.2. The van der Waals surface area contributed by atoms with Crippen molar-refractivity contribution in [3.05, 3.63) is 53.4 Å². The lowest BCUT2D eigenvalue weighted by Crippen LogP contribution is -2.40. The Balaban J connectivity index is 1.26. The second-order valence-electron chi connectivity index (χ2n) is 8.84. The van der Waals surface area contributed by atoms with Gasteiger partial charge in [-0.15, -0.1) is 21.5 Å². The topological polar surface area (TPSA) is 59.8 Å². The van der Waals surface area contributed by atoms with E-state index >= 15 is 0 Å². The maximum absolute atomic E-state index is 12.7. The van der Waals surface area contributed by atoms with E-state index < -0.39 is 0 Å². The standard InChI is InChI=1S/C24H28N4OS2/c1-16(20-13-18-9-10-19(20)12-18)25-22(29)15-31-24-27-26-23(21-8-5-11-30-21)28(24)14-17-6-3-2-4-7-17/h2-8,11,16,18-20H,9-10,12-15H2,1H3,(H,25,29). The molecule has 2 fully saturated rings. The largest absolute Gasteiger partial charge is 0.353 e. The number of thioether (sulfide) groups is 1. The molecule has 1 amide bonds. The average Bonchev–Trinajstić information content (AvgIpc) is 3.57. The minimum absolute atomic E-state index is 0.0900. The third-order valence-electron chi connectivity index (χ3n) is 6.80. The SMILES string of the molecule is CC(NC(=O)CSc1nnc(-c2cccs2)n1Cc1ccccc1)C1CC2CCC1C2. The number of carbonyl (C=O) groups excluding carboxylic acids is 1. The van der Waals surface area contributed by atoms with Crippen molar-refractivity contribution in [1.29, 1.82) is 0 Å². The number of carbonyl (C=O) groups is 1. The molecule has 2 heterocycles. The van der Waals surface area contributed by atoms with E-state index in [1.807, 2.05) is 29.6 Å². The number of thiophene rings is 1. The zero-order chi connectivity index (χ0) is 21.2. The van der Waals surface area contributed by atoms with Gasteiger partial charge in [0.05, 0.1) is 17.2 Å². The van der Waals surface area contributed by atoms with Gasteiger partial charge < -0.3 is 5.32 Å². The predicted octanol–water partition coefficient (Wildman–Crippen LogP) is 5.09. The van der Waals surface area contributed by atoms with E-state index in [4.69, 9.17) is 0 Å². The number of amides is 1. The Labute approximate surface area is 191 Å². The van der Waals surface area contributed by atoms with Gasteiger partial charge in [-0.05, 0) is 60.9 Å². The molecule has 2 aliphatic carbocycles. The van der Waals surface area contributed by atoms with Gasteiger partial charge in [0.1, 0.15) is 0 Å². The molecule has 162 valence electrons. The van der Waals surface area contributed by atoms with E-state index in [9.17, 15) is 4.79 Å². The van der Waals surface area contributed by atoms with E-state index in [2.05, 4.69) is 45.2 Å². The summed E-state index contributed by atoms with van der Waals surface area (Å²) in [5.41, 5.74) is 1.19. The van der Waals surface area contributed by atoms with Crippen LogP contribution in [0.25, 0.3) is 10.7 Å². The summed E-state index contributed by atoms with van der Waals surface area (Å²) in [4.78, 5) is 13.8. The van der Waals surface area contributed by atoms with Crippen LogP contribution in [0.2, 0.25) is 0 Å². The van der Waals surface area contributed by atoms with Gasteiger partial charge in [-0.1, -0.05) is 54.6 Å². The van der Waals surface area contributed by atoms with Crippen molar-refractivity contribution in [2.75, 3.05) is 5.75 Å². The number of fused-ring (bicyclic) bond motifs is 2. The fraction of sp³-hybridized carbons (Fsp3) is 0.458. The van der Waals surface area contributed by atoms with Gasteiger partial charge in [-0.2, -0.15) is 0 Å². The molecule has 5 nitrogen and oxygen atoms in total. The van der Waals surface area contributed by atoms with Crippen LogP contribution in [0.1, 0.15) is 38.2 Å². The molecule has 0 spiro atoms. The highest BCUT2D eigenvalue weighted by Gasteiger charge is 2.42. The van der Waals surface area contributed by atoms with Crippen molar-refractivity contribution < 1.29 is 4.79 Å². The number of benzene rings is 1. The van der Waals surface area contributed by atoms with E-state index in [0.29, 0.717) is 18.2 Å². The molecule has 2 bridgehead atoms. The van der Waals surface area contributed by atoms with Crippen LogP contribution in [-0.4, -0.2) is 32.5 Å². The summed E-state index contributed by atoms with van der Waals surface area (Å²) in [6.45, 7) is 2.87. The van der Waals surface area contributed by atoms with Gasteiger partial charge in [-0.25, -0.2) is 0 Å². The van der Waals surface area contributed by atoms with Crippen molar-refractivity contribution in [2.24, 2.45) is 17.8 Å². The molecule has 7 heteroatoms. The van der Waals surface area contributed by atoms with Crippen LogP contribution < -0.4 is 5.32 Å². The Morgan fingerprint density at radius 1 is 1.19 bits per heavy atom. The predicted molar refractivity (Wildman–Crippen MR) is 126 cm³/mol. The number of rotatable bonds is 8. The Bertz CT molecular complexity index is 1020. The van der Waals surface area contributed by atoms with Crippen molar-refractivity contribution in [2.45, 2.75) is 50.4 Å². The van der Waals surface area contributed by atoms with Gasteiger partial charge >= 0.3 is 0 Å². The van der Waals surface area contributed by atoms with E-state index in [1.54, 1.807) is 11.3 Å². The first kappa shape index (κ1) is 20.8. The first-order valence-corrected chi connectivity index (χ1v) is 13.0. The Morgan fingerprint density at radius 3 is 2.77 bits per heavy atom. The van der Waals surface area contributed by atoms with Gasteiger partial charge in [0.25, 0.3) is 0 Å². The van der Waals surface area contributed by atoms with Crippen LogP contribution in [0.5, 0.6) is 0 Å². The number of nitrogens with one attached hydrogen (secondary N) is 1. The molecule has 2 saturated carbocycles. The Hall–Kier alpha value is -2.12. The van der Waals surface area contributed by atoms with E-state index in [0.717, 1.165) is 27.7 Å². The zero-order valence-electron chi connectivity index (χ0n) is 17.7. The number of nitrogens with zero attached hydrogens (tertiary/aromatic N) is 3. The molecule has 3 aromatic rings. The maximum Gasteiger partial charge on any atom is 0.230 e. The molecule has 5 rings (SSSR count). The molecular formula is C24H28N4OS2. The fourth-order valence-corrected chi connectivity index (χ4v) is 6.80. The lowest BCUT2D eigenvalue weighted by atomic mass is 9.84. The first-order valence-electron chi connectivity index (χ1n) is 11.1. The molecule has 0 radical (unpaired) electrons. The first-order chi connectivity index (χ1) is 15.2. The second kappa shape index (κ2) is 9.17. The van der Waals surface area contributed by atoms with Crippen LogP contribution in [0.3, 0.4) is 0 Å². The van der Waals surface area contributed by atoms with Gasteiger partial charge in [0.15, 0.2) is 11.0 Å². The van der Waals surface area contributed by atoms with Crippen molar-refractivity contribution in [1.82, 2.24) is 20.1 Å². The second-order valence-corrected chi connectivity index (χ2v) is 10.7. The molecule has 4 atom stereocenters. The molecule has 1 N–H and O–H groups in total. The zero-order valence-corrected chi connectivity index (χ0v) is 19.4. The van der Waals surface area contributed by atoms with Crippen molar-refractivity contribution in [3.63, 3.8) is 0 Å². The van der Waals surface area contributed by atoms with Crippen LogP contribution in [-0.2, 0) is 11.3 Å². The summed E-state index contributed by atoms with van der Waals surface area (Å²) in [6, 6.07) is 14.7. The van der Waals surface area contributed by atoms with Crippen LogP contribution >= 0.6 is 23.1 Å². The summed E-state index contributed by atoms with van der Waals surface area (Å²) in [5, 5.41) is 15.0. The Morgan fingerprint density at radius 2 is 2.06 bits per heavy atom. The van der Waals surface area contributed by atoms with Gasteiger partial charge in [0.2, 0.25) is 5.91 Å². The highest BCUT2D eigenvalue weighted by molar-refractivity contribution is 7.99. The monoisotopic (exact) mass is 452 g/mol. The normalized spacial score (nSPS) is 23.2. The smallest absolute Gasteiger partial charge is 0.230 e. The lowest BCUT2D eigenvalue weighted by Gasteiger charge is -2.28. The summed E-state index contributed by atoms with van der Waals surface area (Å²) >= 11 is 3.13. The highest BCUT2D eigenvalue weighted by Crippen LogP contribution is 2.49. The maximum atomic E-state index is 12.7. The number of aromatic nitrogens is 3. The van der Waals surface area contributed by atoms with Crippen LogP contribution in [0.15, 0.2) is 53.0 Å². The summed E-state index contributed by atoms with van der Waals surface area (Å²) < 4.78 is 2.12.